The van der Waals surface area contributed by atoms with Crippen molar-refractivity contribution in [3.8, 4) is 33.4 Å². The van der Waals surface area contributed by atoms with E-state index in [-0.39, 0.29) is 5.41 Å². The summed E-state index contributed by atoms with van der Waals surface area (Å²) in [6, 6.07) is 79.5. The molecule has 60 heavy (non-hydrogen) atoms. The summed E-state index contributed by atoms with van der Waals surface area (Å²) in [5, 5.41) is 2.58. The number of hydrogen-bond donors (Lipinski definition) is 0. The minimum Gasteiger partial charge on any atom is -0.310 e. The van der Waals surface area contributed by atoms with Gasteiger partial charge in [-0.25, -0.2) is 0 Å². The van der Waals surface area contributed by atoms with Crippen LogP contribution in [0.5, 0.6) is 0 Å². The molecule has 0 saturated carbocycles. The summed E-state index contributed by atoms with van der Waals surface area (Å²) in [5.74, 6) is 0. The highest BCUT2D eigenvalue weighted by atomic mass is 32.1. The van der Waals surface area contributed by atoms with E-state index in [2.05, 4.69) is 231 Å². The number of fused-ring (bicyclic) bond motifs is 9. The summed E-state index contributed by atoms with van der Waals surface area (Å²) in [5.41, 5.74) is 18.2. The highest BCUT2D eigenvalue weighted by Crippen LogP contribution is 2.59. The number of hydrogen-bond acceptors (Lipinski definition) is 2. The Bertz CT molecular complexity index is 3250. The monoisotopic (exact) mass is 783 g/mol. The maximum atomic E-state index is 2.55. The zero-order valence-corrected chi connectivity index (χ0v) is 34.4. The minimum atomic E-state index is -0.542. The van der Waals surface area contributed by atoms with E-state index < -0.39 is 5.41 Å². The predicted molar refractivity (Wildman–Crippen MR) is 254 cm³/mol. The molecule has 1 heterocycles. The molecule has 0 saturated heterocycles. The summed E-state index contributed by atoms with van der Waals surface area (Å²) >= 11 is 1.87. The van der Waals surface area contributed by atoms with Crippen LogP contribution in [0.25, 0.3) is 53.6 Å². The molecule has 1 aromatic heterocycles. The average Bonchev–Trinajstić information content (AvgIpc) is 3.90. The fraction of sp³-hybridized carbons (Fsp3) is 0.0690. The second kappa shape index (κ2) is 13.3. The van der Waals surface area contributed by atoms with E-state index in [4.69, 9.17) is 0 Å². The van der Waals surface area contributed by atoms with E-state index >= 15 is 0 Å². The molecule has 0 amide bonds. The third kappa shape index (κ3) is 4.98. The second-order valence-electron chi connectivity index (χ2n) is 16.8. The van der Waals surface area contributed by atoms with E-state index in [1.807, 2.05) is 11.3 Å². The lowest BCUT2D eigenvalue weighted by Crippen LogP contribution is -2.28. The molecule has 0 radical (unpaired) electrons. The summed E-state index contributed by atoms with van der Waals surface area (Å²) in [6.07, 6.45) is 0. The maximum Gasteiger partial charge on any atom is 0.0714 e. The van der Waals surface area contributed by atoms with Gasteiger partial charge in [-0.2, -0.15) is 0 Å². The van der Waals surface area contributed by atoms with E-state index in [0.717, 1.165) is 17.1 Å². The van der Waals surface area contributed by atoms with Gasteiger partial charge in [0.05, 0.1) is 11.1 Å². The number of nitrogens with zero attached hydrogens (tertiary/aromatic N) is 1. The molecule has 2 heteroatoms. The quantitative estimate of drug-likeness (QED) is 0.162. The van der Waals surface area contributed by atoms with Crippen molar-refractivity contribution < 1.29 is 0 Å². The van der Waals surface area contributed by atoms with Gasteiger partial charge in [0.25, 0.3) is 0 Å². The average molecular weight is 784 g/mol. The molecule has 2 aliphatic rings. The van der Waals surface area contributed by atoms with Gasteiger partial charge in [-0.1, -0.05) is 178 Å². The fourth-order valence-electron chi connectivity index (χ4n) is 10.6. The SMILES string of the molecule is CC1(C)c2ccccc2-c2ccc(N(c3ccc4sc5ccccc5c4c3)c3cc4c(cc3-c3ccccc3)-c3ccccc3C4(c3ccccc3)c3ccccc3)cc21. The van der Waals surface area contributed by atoms with Gasteiger partial charge in [-0.05, 0) is 110 Å². The van der Waals surface area contributed by atoms with Crippen LogP contribution in [0.3, 0.4) is 0 Å². The van der Waals surface area contributed by atoms with Crippen molar-refractivity contribution in [3.05, 3.63) is 246 Å². The molecule has 1 nitrogen and oxygen atoms in total. The van der Waals surface area contributed by atoms with Crippen LogP contribution in [0.15, 0.2) is 212 Å². The first kappa shape index (κ1) is 35.0. The van der Waals surface area contributed by atoms with Gasteiger partial charge in [-0.3, -0.25) is 0 Å². The maximum absolute atomic E-state index is 2.55. The molecule has 0 N–H and O–H groups in total. The molecule has 0 atom stereocenters. The molecule has 0 fully saturated rings. The van der Waals surface area contributed by atoms with Crippen molar-refractivity contribution in [2.75, 3.05) is 4.90 Å². The van der Waals surface area contributed by atoms with E-state index in [1.165, 1.54) is 86.9 Å². The van der Waals surface area contributed by atoms with Crippen LogP contribution in [0.4, 0.5) is 17.1 Å². The molecule has 2 aliphatic carbocycles. The lowest BCUT2D eigenvalue weighted by Gasteiger charge is -2.35. The lowest BCUT2D eigenvalue weighted by atomic mass is 9.67. The molecule has 9 aromatic carbocycles. The molecule has 0 aliphatic heterocycles. The van der Waals surface area contributed by atoms with Crippen molar-refractivity contribution in [1.82, 2.24) is 0 Å². The Morgan fingerprint density at radius 3 is 1.65 bits per heavy atom. The standard InChI is InChI=1S/C58H41NS/c1-57(2)50-27-15-12-24-43(50)45-32-30-42(35-52(45)57)59(41-31-33-56-49(34-41)46-26-14-17-29-55(46)60-56)54-37-53-48(36-47(54)38-18-6-3-7-19-38)44-25-13-16-28-51(44)58(53,39-20-8-4-9-21-39)40-22-10-5-11-23-40/h3-37H,1-2H3. The highest BCUT2D eigenvalue weighted by molar-refractivity contribution is 7.25. The van der Waals surface area contributed by atoms with Crippen LogP contribution in [-0.2, 0) is 10.8 Å². The van der Waals surface area contributed by atoms with Crippen molar-refractivity contribution in [2.45, 2.75) is 24.7 Å². The highest BCUT2D eigenvalue weighted by Gasteiger charge is 2.47. The largest absolute Gasteiger partial charge is 0.310 e. The topological polar surface area (TPSA) is 3.24 Å². The van der Waals surface area contributed by atoms with Crippen LogP contribution in [0, 0.1) is 0 Å². The molecule has 0 unspecified atom stereocenters. The van der Waals surface area contributed by atoms with E-state index in [1.54, 1.807) is 0 Å². The fourth-order valence-corrected chi connectivity index (χ4v) is 11.7. The first-order chi connectivity index (χ1) is 29.5. The first-order valence-corrected chi connectivity index (χ1v) is 21.7. The summed E-state index contributed by atoms with van der Waals surface area (Å²) < 4.78 is 2.61. The number of thiophene rings is 1. The first-order valence-electron chi connectivity index (χ1n) is 20.9. The predicted octanol–water partition coefficient (Wildman–Crippen LogP) is 15.9. The zero-order valence-electron chi connectivity index (χ0n) is 33.6. The Hall–Kier alpha value is -7.00. The Balaban J connectivity index is 1.21. The van der Waals surface area contributed by atoms with Crippen LogP contribution in [-0.4, -0.2) is 0 Å². The third-order valence-electron chi connectivity index (χ3n) is 13.3. The number of anilines is 3. The van der Waals surface area contributed by atoms with Crippen LogP contribution >= 0.6 is 11.3 Å². The Morgan fingerprint density at radius 1 is 0.367 bits per heavy atom. The number of rotatable bonds is 6. The van der Waals surface area contributed by atoms with E-state index in [0.29, 0.717) is 0 Å². The van der Waals surface area contributed by atoms with Crippen molar-refractivity contribution >= 4 is 48.6 Å². The lowest BCUT2D eigenvalue weighted by molar-refractivity contribution is 0.660. The van der Waals surface area contributed by atoms with Gasteiger partial charge in [-0.15, -0.1) is 11.3 Å². The molecule has 284 valence electrons. The van der Waals surface area contributed by atoms with Gasteiger partial charge >= 0.3 is 0 Å². The molecule has 12 rings (SSSR count). The minimum absolute atomic E-state index is 0.154. The van der Waals surface area contributed by atoms with Gasteiger partial charge < -0.3 is 4.90 Å². The van der Waals surface area contributed by atoms with E-state index in [9.17, 15) is 0 Å². The molecular formula is C58H41NS. The molecule has 10 aromatic rings. The van der Waals surface area contributed by atoms with Crippen LogP contribution in [0.2, 0.25) is 0 Å². The third-order valence-corrected chi connectivity index (χ3v) is 14.5. The smallest absolute Gasteiger partial charge is 0.0714 e. The van der Waals surface area contributed by atoms with Crippen LogP contribution < -0.4 is 4.90 Å². The summed E-state index contributed by atoms with van der Waals surface area (Å²) in [6.45, 7) is 4.76. The summed E-state index contributed by atoms with van der Waals surface area (Å²) in [4.78, 5) is 2.55. The normalized spacial score (nSPS) is 14.1. The Kier molecular flexibility index (Phi) is 7.73. The molecule has 0 bridgehead atoms. The number of benzene rings is 9. The Labute approximate surface area is 355 Å². The van der Waals surface area contributed by atoms with Crippen LogP contribution in [0.1, 0.15) is 47.2 Å². The molecular weight excluding hydrogens is 743 g/mol. The summed E-state index contributed by atoms with van der Waals surface area (Å²) in [7, 11) is 0. The van der Waals surface area contributed by atoms with Gasteiger partial charge in [0.2, 0.25) is 0 Å². The van der Waals surface area contributed by atoms with Crippen molar-refractivity contribution in [3.63, 3.8) is 0 Å². The van der Waals surface area contributed by atoms with Crippen molar-refractivity contribution in [2.24, 2.45) is 0 Å². The van der Waals surface area contributed by atoms with Gasteiger partial charge in [0.1, 0.15) is 0 Å². The zero-order chi connectivity index (χ0) is 40.0. The molecule has 0 spiro atoms. The Morgan fingerprint density at radius 2 is 0.917 bits per heavy atom. The van der Waals surface area contributed by atoms with Crippen molar-refractivity contribution in [1.29, 1.82) is 0 Å². The van der Waals surface area contributed by atoms with Gasteiger partial charge in [0.15, 0.2) is 0 Å². The second-order valence-corrected chi connectivity index (χ2v) is 17.9. The van der Waals surface area contributed by atoms with Gasteiger partial charge in [0, 0.05) is 42.5 Å².